The Morgan fingerprint density at radius 2 is 2.29 bits per heavy atom. The summed E-state index contributed by atoms with van der Waals surface area (Å²) < 4.78 is 0. The maximum atomic E-state index is 11.5. The molecule has 94 valence electrons. The molecule has 0 unspecified atom stereocenters. The van der Waals surface area contributed by atoms with Crippen molar-refractivity contribution < 1.29 is 4.79 Å². The Morgan fingerprint density at radius 1 is 1.47 bits per heavy atom. The predicted molar refractivity (Wildman–Crippen MR) is 71.1 cm³/mol. The first kappa shape index (κ1) is 14.0. The van der Waals surface area contributed by atoms with Gasteiger partial charge in [0.15, 0.2) is 0 Å². The van der Waals surface area contributed by atoms with Crippen LogP contribution in [0, 0.1) is 0 Å². The van der Waals surface area contributed by atoms with Gasteiger partial charge < -0.3 is 10.2 Å². The fourth-order valence-electron chi connectivity index (χ4n) is 1.25. The highest BCUT2D eigenvalue weighted by Crippen LogP contribution is 2.12. The summed E-state index contributed by atoms with van der Waals surface area (Å²) in [5.41, 5.74) is 0. The van der Waals surface area contributed by atoms with E-state index in [-0.39, 0.29) is 5.91 Å². The smallest absolute Gasteiger partial charge is 0.230 e. The van der Waals surface area contributed by atoms with Crippen LogP contribution in [0.1, 0.15) is 6.42 Å². The lowest BCUT2D eigenvalue weighted by Gasteiger charge is -2.09. The number of carbonyl (C=O) groups is 1. The number of carbonyl (C=O) groups excluding carboxylic acids is 1. The second kappa shape index (κ2) is 8.08. The fourth-order valence-corrected chi connectivity index (χ4v) is 1.94. The number of pyridine rings is 1. The maximum Gasteiger partial charge on any atom is 0.230 e. The molecule has 1 aromatic heterocycles. The number of rotatable bonds is 7. The Kier molecular flexibility index (Phi) is 6.65. The van der Waals surface area contributed by atoms with Crippen molar-refractivity contribution in [2.45, 2.75) is 11.4 Å². The van der Waals surface area contributed by atoms with Crippen molar-refractivity contribution in [3.05, 3.63) is 24.4 Å². The Bertz CT molecular complexity index is 330. The Morgan fingerprint density at radius 3 is 2.94 bits per heavy atom. The predicted octanol–water partition coefficient (Wildman–Crippen LogP) is 1.24. The lowest BCUT2D eigenvalue weighted by molar-refractivity contribution is -0.118. The molecule has 0 radical (unpaired) electrons. The molecule has 1 heterocycles. The van der Waals surface area contributed by atoms with Crippen LogP contribution in [0.5, 0.6) is 0 Å². The van der Waals surface area contributed by atoms with E-state index < -0.39 is 0 Å². The lowest BCUT2D eigenvalue weighted by atomic mass is 10.4. The molecule has 17 heavy (non-hydrogen) atoms. The zero-order valence-electron chi connectivity index (χ0n) is 10.3. The first-order valence-corrected chi connectivity index (χ1v) is 6.62. The van der Waals surface area contributed by atoms with Crippen molar-refractivity contribution in [3.63, 3.8) is 0 Å². The summed E-state index contributed by atoms with van der Waals surface area (Å²) in [4.78, 5) is 17.7. The number of nitrogens with one attached hydrogen (secondary N) is 1. The minimum absolute atomic E-state index is 0.0689. The highest BCUT2D eigenvalue weighted by Gasteiger charge is 2.02. The Balaban J connectivity index is 2.09. The van der Waals surface area contributed by atoms with Gasteiger partial charge in [-0.1, -0.05) is 17.8 Å². The molecule has 1 aromatic rings. The maximum absolute atomic E-state index is 11.5. The summed E-state index contributed by atoms with van der Waals surface area (Å²) in [5.74, 6) is 0.498. The summed E-state index contributed by atoms with van der Waals surface area (Å²) >= 11 is 1.46. The van der Waals surface area contributed by atoms with Crippen LogP contribution < -0.4 is 5.32 Å². The third-order valence-electron chi connectivity index (χ3n) is 2.09. The van der Waals surface area contributed by atoms with Crippen LogP contribution >= 0.6 is 11.8 Å². The van der Waals surface area contributed by atoms with Crippen molar-refractivity contribution in [3.8, 4) is 0 Å². The van der Waals surface area contributed by atoms with Crippen molar-refractivity contribution in [2.24, 2.45) is 0 Å². The molecule has 4 nitrogen and oxygen atoms in total. The van der Waals surface area contributed by atoms with Gasteiger partial charge in [-0.15, -0.1) is 0 Å². The van der Waals surface area contributed by atoms with Gasteiger partial charge in [-0.05, 0) is 39.2 Å². The summed E-state index contributed by atoms with van der Waals surface area (Å²) in [6.45, 7) is 1.73. The van der Waals surface area contributed by atoms with Crippen LogP contribution in [0.15, 0.2) is 29.4 Å². The monoisotopic (exact) mass is 253 g/mol. The molecule has 0 spiro atoms. The molecule has 1 amide bonds. The van der Waals surface area contributed by atoms with E-state index in [4.69, 9.17) is 0 Å². The van der Waals surface area contributed by atoms with E-state index in [1.54, 1.807) is 6.20 Å². The van der Waals surface area contributed by atoms with Crippen molar-refractivity contribution in [1.29, 1.82) is 0 Å². The molecule has 0 atom stereocenters. The first-order valence-electron chi connectivity index (χ1n) is 5.64. The third kappa shape index (κ3) is 6.97. The SMILES string of the molecule is CN(C)CCCNC(=O)CSc1ccccn1. The first-order chi connectivity index (χ1) is 8.18. The fraction of sp³-hybridized carbons (Fsp3) is 0.500. The molecule has 1 rings (SSSR count). The molecular weight excluding hydrogens is 234 g/mol. The highest BCUT2D eigenvalue weighted by atomic mass is 32.2. The number of nitrogens with zero attached hydrogens (tertiary/aromatic N) is 2. The van der Waals surface area contributed by atoms with E-state index >= 15 is 0 Å². The molecule has 1 N–H and O–H groups in total. The standard InChI is InChI=1S/C12H19N3OS/c1-15(2)9-5-8-13-11(16)10-17-12-6-3-4-7-14-12/h3-4,6-7H,5,8-10H2,1-2H3,(H,13,16). The van der Waals surface area contributed by atoms with Gasteiger partial charge in [0.1, 0.15) is 0 Å². The molecule has 0 bridgehead atoms. The summed E-state index contributed by atoms with van der Waals surface area (Å²) in [5, 5.41) is 3.78. The third-order valence-corrected chi connectivity index (χ3v) is 3.04. The van der Waals surface area contributed by atoms with E-state index in [9.17, 15) is 4.79 Å². The van der Waals surface area contributed by atoms with Crippen LogP contribution in [0.2, 0.25) is 0 Å². The molecule has 0 aliphatic carbocycles. The minimum Gasteiger partial charge on any atom is -0.355 e. The van der Waals surface area contributed by atoms with Crippen molar-refractivity contribution >= 4 is 17.7 Å². The number of amides is 1. The Hall–Kier alpha value is -1.07. The molecule has 0 saturated carbocycles. The van der Waals surface area contributed by atoms with E-state index in [0.29, 0.717) is 5.75 Å². The van der Waals surface area contributed by atoms with Gasteiger partial charge in [-0.25, -0.2) is 4.98 Å². The minimum atomic E-state index is 0.0689. The van der Waals surface area contributed by atoms with Gasteiger partial charge in [0.05, 0.1) is 10.8 Å². The lowest BCUT2D eigenvalue weighted by Crippen LogP contribution is -2.28. The topological polar surface area (TPSA) is 45.2 Å². The van der Waals surface area contributed by atoms with Crippen LogP contribution in [0.3, 0.4) is 0 Å². The van der Waals surface area contributed by atoms with Gasteiger partial charge in [0, 0.05) is 12.7 Å². The molecular formula is C12H19N3OS. The van der Waals surface area contributed by atoms with E-state index in [0.717, 1.165) is 24.5 Å². The highest BCUT2D eigenvalue weighted by molar-refractivity contribution is 7.99. The van der Waals surface area contributed by atoms with Gasteiger partial charge in [0.2, 0.25) is 5.91 Å². The van der Waals surface area contributed by atoms with E-state index in [1.807, 2.05) is 32.3 Å². The number of hydrogen-bond donors (Lipinski definition) is 1. The van der Waals surface area contributed by atoms with Gasteiger partial charge in [-0.2, -0.15) is 0 Å². The molecule has 0 aromatic carbocycles. The average molecular weight is 253 g/mol. The Labute approximate surface area is 107 Å². The van der Waals surface area contributed by atoms with Crippen LogP contribution in [0.4, 0.5) is 0 Å². The second-order valence-corrected chi connectivity index (χ2v) is 4.96. The van der Waals surface area contributed by atoms with E-state index in [1.165, 1.54) is 11.8 Å². The molecule has 0 saturated heterocycles. The average Bonchev–Trinajstić information content (AvgIpc) is 2.33. The molecule has 0 aliphatic heterocycles. The zero-order chi connectivity index (χ0) is 12.5. The second-order valence-electron chi connectivity index (χ2n) is 3.96. The van der Waals surface area contributed by atoms with Crippen molar-refractivity contribution in [2.75, 3.05) is 32.9 Å². The van der Waals surface area contributed by atoms with Crippen molar-refractivity contribution in [1.82, 2.24) is 15.2 Å². The van der Waals surface area contributed by atoms with E-state index in [2.05, 4.69) is 15.2 Å². The number of aromatic nitrogens is 1. The molecule has 5 heteroatoms. The van der Waals surface area contributed by atoms with Gasteiger partial charge in [-0.3, -0.25) is 4.79 Å². The molecule has 0 fully saturated rings. The number of thioether (sulfide) groups is 1. The number of hydrogen-bond acceptors (Lipinski definition) is 4. The molecule has 0 aliphatic rings. The normalized spacial score (nSPS) is 10.5. The summed E-state index contributed by atoms with van der Waals surface area (Å²) in [7, 11) is 4.05. The zero-order valence-corrected chi connectivity index (χ0v) is 11.2. The van der Waals surface area contributed by atoms with Crippen LogP contribution in [-0.2, 0) is 4.79 Å². The van der Waals surface area contributed by atoms with Crippen LogP contribution in [-0.4, -0.2) is 48.7 Å². The van der Waals surface area contributed by atoms with Gasteiger partial charge in [0.25, 0.3) is 0 Å². The summed E-state index contributed by atoms with van der Waals surface area (Å²) in [6, 6.07) is 5.69. The quantitative estimate of drug-likeness (QED) is 0.586. The largest absolute Gasteiger partial charge is 0.355 e. The van der Waals surface area contributed by atoms with Crippen LogP contribution in [0.25, 0.3) is 0 Å². The summed E-state index contributed by atoms with van der Waals surface area (Å²) in [6.07, 6.45) is 2.71. The van der Waals surface area contributed by atoms with Gasteiger partial charge >= 0.3 is 0 Å².